The van der Waals surface area contributed by atoms with Crippen LogP contribution in [0, 0.1) is 5.82 Å². The maximum atomic E-state index is 13.8. The summed E-state index contributed by atoms with van der Waals surface area (Å²) in [7, 11) is 0. The molecule has 2 unspecified atom stereocenters. The first kappa shape index (κ1) is 29.3. The van der Waals surface area contributed by atoms with Gasteiger partial charge in [-0.05, 0) is 61.2 Å². The van der Waals surface area contributed by atoms with Crippen LogP contribution in [-0.4, -0.2) is 53.3 Å². The highest BCUT2D eigenvalue weighted by molar-refractivity contribution is 8.15. The van der Waals surface area contributed by atoms with E-state index in [0.29, 0.717) is 29.7 Å². The lowest BCUT2D eigenvalue weighted by atomic mass is 10.1. The number of nitrogens with zero attached hydrogens (tertiary/aromatic N) is 2. The molecule has 2 saturated heterocycles. The van der Waals surface area contributed by atoms with Crippen LogP contribution in [0.1, 0.15) is 36.1 Å². The number of aliphatic imine (C=N–C) groups is 1. The van der Waals surface area contributed by atoms with Crippen molar-refractivity contribution >= 4 is 46.2 Å². The van der Waals surface area contributed by atoms with Crippen molar-refractivity contribution < 1.29 is 28.2 Å². The molecule has 2 heterocycles. The quantitative estimate of drug-likeness (QED) is 0.338. The van der Waals surface area contributed by atoms with Crippen LogP contribution >= 0.6 is 11.8 Å². The Morgan fingerprint density at radius 1 is 1.12 bits per heavy atom. The summed E-state index contributed by atoms with van der Waals surface area (Å²) in [6, 6.07) is 21.3. The fraction of sp³-hybridized carbons (Fsp3) is 0.290. The Morgan fingerprint density at radius 2 is 1.90 bits per heavy atom. The molecule has 0 aromatic heterocycles. The molecule has 5 rings (SSSR count). The van der Waals surface area contributed by atoms with E-state index in [0.717, 1.165) is 24.0 Å². The number of hydrogen-bond acceptors (Lipinski definition) is 7. The molecule has 3 aromatic carbocycles. The minimum Gasteiger partial charge on any atom is -0.445 e. The zero-order chi connectivity index (χ0) is 29.5. The van der Waals surface area contributed by atoms with Crippen LogP contribution < -0.4 is 10.6 Å². The third kappa shape index (κ3) is 7.54. The lowest BCUT2D eigenvalue weighted by molar-refractivity contribution is -0.127. The lowest BCUT2D eigenvalue weighted by Gasteiger charge is -2.20. The number of hydrogen-bond donors (Lipinski definition) is 2. The van der Waals surface area contributed by atoms with Crippen LogP contribution in [0.15, 0.2) is 83.9 Å². The molecule has 3 amide bonds. The average molecular weight is 591 g/mol. The number of anilines is 1. The second kappa shape index (κ2) is 13.6. The number of ether oxygens (including phenoxy) is 2. The van der Waals surface area contributed by atoms with Crippen molar-refractivity contribution in [3.63, 3.8) is 0 Å². The molecule has 2 aliphatic rings. The summed E-state index contributed by atoms with van der Waals surface area (Å²) >= 11 is 1.30. The molecular formula is C31H31FN4O5S. The highest BCUT2D eigenvalue weighted by Crippen LogP contribution is 2.41. The van der Waals surface area contributed by atoms with E-state index in [1.54, 1.807) is 48.2 Å². The molecule has 3 aromatic rings. The molecule has 0 bridgehead atoms. The molecule has 2 N–H and O–H groups in total. The van der Waals surface area contributed by atoms with E-state index in [2.05, 4.69) is 15.6 Å². The van der Waals surface area contributed by atoms with Gasteiger partial charge in [-0.3, -0.25) is 14.5 Å². The normalized spacial score (nSPS) is 20.0. The Labute approximate surface area is 247 Å². The average Bonchev–Trinajstić information content (AvgIpc) is 3.61. The first-order valence-corrected chi connectivity index (χ1v) is 14.6. The van der Waals surface area contributed by atoms with Gasteiger partial charge in [0.15, 0.2) is 5.17 Å². The number of benzene rings is 3. The largest absolute Gasteiger partial charge is 0.445 e. The highest BCUT2D eigenvalue weighted by atomic mass is 32.2. The van der Waals surface area contributed by atoms with Crippen molar-refractivity contribution in [3.8, 4) is 0 Å². The van der Waals surface area contributed by atoms with E-state index in [1.807, 2.05) is 30.3 Å². The van der Waals surface area contributed by atoms with Crippen LogP contribution in [-0.2, 0) is 25.7 Å². The van der Waals surface area contributed by atoms with Gasteiger partial charge in [-0.15, -0.1) is 0 Å². The molecule has 2 fully saturated rings. The second-order valence-corrected chi connectivity index (χ2v) is 11.1. The molecule has 0 aliphatic carbocycles. The number of nitrogens with one attached hydrogen (secondary N) is 2. The van der Waals surface area contributed by atoms with Crippen molar-refractivity contribution in [3.05, 3.63) is 95.8 Å². The first-order valence-electron chi connectivity index (χ1n) is 13.7. The summed E-state index contributed by atoms with van der Waals surface area (Å²) in [6.07, 6.45) is 1.03. The van der Waals surface area contributed by atoms with Gasteiger partial charge >= 0.3 is 6.09 Å². The zero-order valence-electron chi connectivity index (χ0n) is 23.0. The first-order chi connectivity index (χ1) is 20.4. The molecule has 11 heteroatoms. The van der Waals surface area contributed by atoms with Gasteiger partial charge in [-0.2, -0.15) is 0 Å². The molecule has 0 saturated carbocycles. The van der Waals surface area contributed by atoms with Crippen molar-refractivity contribution in [2.24, 2.45) is 4.99 Å². The van der Waals surface area contributed by atoms with Crippen LogP contribution in [0.25, 0.3) is 0 Å². The predicted octanol–water partition coefficient (Wildman–Crippen LogP) is 5.56. The number of amidine groups is 1. The summed E-state index contributed by atoms with van der Waals surface area (Å²) in [4.78, 5) is 44.5. The van der Waals surface area contributed by atoms with Gasteiger partial charge in [0.25, 0.3) is 0 Å². The highest BCUT2D eigenvalue weighted by Gasteiger charge is 2.40. The Morgan fingerprint density at radius 3 is 2.62 bits per heavy atom. The number of rotatable bonds is 9. The summed E-state index contributed by atoms with van der Waals surface area (Å²) in [5.41, 5.74) is 2.51. The Bertz CT molecular complexity index is 1450. The number of carbonyl (C=O) groups is 3. The zero-order valence-corrected chi connectivity index (χ0v) is 23.8. The summed E-state index contributed by atoms with van der Waals surface area (Å²) in [5, 5.41) is 5.22. The third-order valence-corrected chi connectivity index (χ3v) is 8.04. The number of amides is 3. The molecule has 218 valence electrons. The standard InChI is InChI=1S/C31H31FN4O5S/c1-20(33-31(39)41-19-21-7-3-2-4-8-21)28(37)34-24-14-12-22(13-15-24)27-29(38)36(18-26-11-6-16-40-26)30(42-27)35-25-10-5-9-23(32)17-25/h2-5,7-10,12-15,17,20,26-27H,6,11,16,18-19H2,1H3,(H,33,39)(H,34,37)/b35-30-/t20-,26?,27?/m0/s1. The topological polar surface area (TPSA) is 109 Å². The van der Waals surface area contributed by atoms with Gasteiger partial charge in [0.05, 0.1) is 18.3 Å². The van der Waals surface area contributed by atoms with Crippen molar-refractivity contribution in [2.45, 2.75) is 43.8 Å². The minimum atomic E-state index is -0.840. The Hall–Kier alpha value is -4.22. The SMILES string of the molecule is C[C@H](NC(=O)OCc1ccccc1)C(=O)Nc1ccc(C2S/C(=N\c3cccc(F)c3)N(CC3CCCO3)C2=O)cc1. The maximum Gasteiger partial charge on any atom is 0.408 e. The molecule has 9 nitrogen and oxygen atoms in total. The number of alkyl carbamates (subject to hydrolysis) is 1. The fourth-order valence-corrected chi connectivity index (χ4v) is 5.75. The molecular weight excluding hydrogens is 559 g/mol. The van der Waals surface area contributed by atoms with E-state index < -0.39 is 29.1 Å². The van der Waals surface area contributed by atoms with Crippen molar-refractivity contribution in [2.75, 3.05) is 18.5 Å². The van der Waals surface area contributed by atoms with Crippen LogP contribution in [0.5, 0.6) is 0 Å². The maximum absolute atomic E-state index is 13.8. The summed E-state index contributed by atoms with van der Waals surface area (Å²) in [5.74, 6) is -0.952. The van der Waals surface area contributed by atoms with Gasteiger partial charge in [-0.25, -0.2) is 14.2 Å². The van der Waals surface area contributed by atoms with E-state index in [4.69, 9.17) is 9.47 Å². The van der Waals surface area contributed by atoms with E-state index in [-0.39, 0.29) is 18.6 Å². The molecule has 42 heavy (non-hydrogen) atoms. The number of carbonyl (C=O) groups excluding carboxylic acids is 3. The van der Waals surface area contributed by atoms with Crippen LogP contribution in [0.4, 0.5) is 20.6 Å². The summed E-state index contributed by atoms with van der Waals surface area (Å²) < 4.78 is 24.7. The smallest absolute Gasteiger partial charge is 0.408 e. The van der Waals surface area contributed by atoms with Gasteiger partial charge in [0.2, 0.25) is 11.8 Å². The third-order valence-electron chi connectivity index (χ3n) is 6.81. The van der Waals surface area contributed by atoms with Gasteiger partial charge in [0, 0.05) is 12.3 Å². The molecule has 0 spiro atoms. The van der Waals surface area contributed by atoms with Crippen molar-refractivity contribution in [1.29, 1.82) is 0 Å². The predicted molar refractivity (Wildman–Crippen MR) is 159 cm³/mol. The molecule has 0 radical (unpaired) electrons. The Balaban J connectivity index is 1.21. The van der Waals surface area contributed by atoms with E-state index in [9.17, 15) is 18.8 Å². The van der Waals surface area contributed by atoms with Crippen molar-refractivity contribution in [1.82, 2.24) is 10.2 Å². The summed E-state index contributed by atoms with van der Waals surface area (Å²) in [6.45, 7) is 2.70. The van der Waals surface area contributed by atoms with Gasteiger partial charge in [-0.1, -0.05) is 60.3 Å². The molecule has 3 atom stereocenters. The molecule has 2 aliphatic heterocycles. The van der Waals surface area contributed by atoms with Gasteiger partial charge < -0.3 is 20.1 Å². The van der Waals surface area contributed by atoms with E-state index >= 15 is 0 Å². The number of halogens is 1. The monoisotopic (exact) mass is 590 g/mol. The second-order valence-electron chi connectivity index (χ2n) is 10.00. The minimum absolute atomic E-state index is 0.0742. The number of thioether (sulfide) groups is 1. The van der Waals surface area contributed by atoms with E-state index in [1.165, 1.54) is 23.9 Å². The Kier molecular flexibility index (Phi) is 9.50. The fourth-order valence-electron chi connectivity index (χ4n) is 4.57. The van der Waals surface area contributed by atoms with Gasteiger partial charge in [0.1, 0.15) is 23.7 Å². The van der Waals surface area contributed by atoms with Crippen LogP contribution in [0.2, 0.25) is 0 Å². The van der Waals surface area contributed by atoms with Crippen LogP contribution in [0.3, 0.4) is 0 Å². The lowest BCUT2D eigenvalue weighted by Crippen LogP contribution is -2.41.